The van der Waals surface area contributed by atoms with Gasteiger partial charge in [-0.05, 0) is 37.6 Å². The number of fused-ring (bicyclic) bond motifs is 1. The molecule has 2 rings (SSSR count). The molecule has 1 aromatic carbocycles. The summed E-state index contributed by atoms with van der Waals surface area (Å²) in [5, 5.41) is 1.64. The summed E-state index contributed by atoms with van der Waals surface area (Å²) in [7, 11) is 0. The summed E-state index contributed by atoms with van der Waals surface area (Å²) in [6, 6.07) is 7.53. The van der Waals surface area contributed by atoms with Crippen LogP contribution in [-0.4, -0.2) is 30.6 Å². The Kier molecular flexibility index (Phi) is 5.39. The first-order chi connectivity index (χ1) is 10.2. The maximum atomic E-state index is 11.8. The number of rotatable bonds is 6. The third-order valence-electron chi connectivity index (χ3n) is 3.14. The molecule has 0 bridgehead atoms. The van der Waals surface area contributed by atoms with E-state index in [1.54, 1.807) is 6.20 Å². The van der Waals surface area contributed by atoms with E-state index in [1.807, 2.05) is 36.1 Å². The van der Waals surface area contributed by atoms with Gasteiger partial charge in [-0.1, -0.05) is 18.5 Å². The summed E-state index contributed by atoms with van der Waals surface area (Å²) in [6.45, 7) is 5.31. The van der Waals surface area contributed by atoms with Crippen molar-refractivity contribution in [2.45, 2.75) is 20.3 Å². The molecule has 0 spiro atoms. The molecule has 0 unspecified atom stereocenters. The molecule has 0 saturated heterocycles. The van der Waals surface area contributed by atoms with E-state index in [4.69, 9.17) is 16.3 Å². The highest BCUT2D eigenvalue weighted by Crippen LogP contribution is 2.27. The Morgan fingerprint density at radius 3 is 2.86 bits per heavy atom. The number of carbonyl (C=O) groups is 1. The lowest BCUT2D eigenvalue weighted by molar-refractivity contribution is -0.141. The molecular formula is C16H19ClN2O2. The molecule has 1 aromatic heterocycles. The van der Waals surface area contributed by atoms with Gasteiger partial charge in [0.25, 0.3) is 0 Å². The molecule has 2 aromatic rings. The lowest BCUT2D eigenvalue weighted by Gasteiger charge is -2.24. The predicted molar refractivity (Wildman–Crippen MR) is 85.9 cm³/mol. The van der Waals surface area contributed by atoms with Crippen molar-refractivity contribution in [1.29, 1.82) is 0 Å². The second-order valence-electron chi connectivity index (χ2n) is 4.72. The van der Waals surface area contributed by atoms with Crippen molar-refractivity contribution in [2.75, 3.05) is 24.6 Å². The number of halogens is 1. The largest absolute Gasteiger partial charge is 0.465 e. The molecule has 0 aliphatic heterocycles. The predicted octanol–water partition coefficient (Wildman–Crippen LogP) is 3.67. The van der Waals surface area contributed by atoms with E-state index in [2.05, 4.69) is 11.9 Å². The zero-order valence-electron chi connectivity index (χ0n) is 12.3. The van der Waals surface area contributed by atoms with Gasteiger partial charge in [0.05, 0.1) is 12.1 Å². The van der Waals surface area contributed by atoms with Gasteiger partial charge in [-0.15, -0.1) is 0 Å². The molecule has 0 radical (unpaired) electrons. The van der Waals surface area contributed by atoms with Crippen LogP contribution in [-0.2, 0) is 9.53 Å². The van der Waals surface area contributed by atoms with E-state index in [0.29, 0.717) is 11.6 Å². The van der Waals surface area contributed by atoms with Crippen molar-refractivity contribution in [3.05, 3.63) is 35.5 Å². The van der Waals surface area contributed by atoms with Gasteiger partial charge in [0.15, 0.2) is 0 Å². The molecule has 1 heterocycles. The molecule has 0 atom stereocenters. The number of nitrogens with zero attached hydrogens (tertiary/aromatic N) is 2. The lowest BCUT2D eigenvalue weighted by Crippen LogP contribution is -2.31. The molecule has 0 aliphatic carbocycles. The van der Waals surface area contributed by atoms with Gasteiger partial charge in [-0.2, -0.15) is 0 Å². The quantitative estimate of drug-likeness (QED) is 0.764. The summed E-state index contributed by atoms with van der Waals surface area (Å²) in [5.41, 5.74) is 1.80. The summed E-state index contributed by atoms with van der Waals surface area (Å²) in [5.74, 6) is -0.218. The fraction of sp³-hybridized carbons (Fsp3) is 0.375. The monoisotopic (exact) mass is 306 g/mol. The van der Waals surface area contributed by atoms with Crippen molar-refractivity contribution in [3.8, 4) is 0 Å². The smallest absolute Gasteiger partial charge is 0.325 e. The van der Waals surface area contributed by atoms with Crippen LogP contribution in [0.4, 0.5) is 5.69 Å². The Labute approximate surface area is 129 Å². The Balaban J connectivity index is 2.37. The summed E-state index contributed by atoms with van der Waals surface area (Å²) < 4.78 is 5.05. The minimum atomic E-state index is -0.218. The first-order valence-electron chi connectivity index (χ1n) is 7.10. The number of hydrogen-bond donors (Lipinski definition) is 0. The van der Waals surface area contributed by atoms with Crippen LogP contribution in [0, 0.1) is 0 Å². The van der Waals surface area contributed by atoms with E-state index in [0.717, 1.165) is 29.6 Å². The standard InChI is InChI=1S/C16H19ClN2O2/c1-3-9-19(11-16(20)21-4-2)15-7-8-18-14-10-12(17)5-6-13(14)15/h5-8,10H,3-4,9,11H2,1-2H3. The zero-order chi connectivity index (χ0) is 15.2. The highest BCUT2D eigenvalue weighted by atomic mass is 35.5. The fourth-order valence-electron chi connectivity index (χ4n) is 2.30. The summed E-state index contributed by atoms with van der Waals surface area (Å²) in [6.07, 6.45) is 2.68. The van der Waals surface area contributed by atoms with E-state index in [1.165, 1.54) is 0 Å². The number of benzene rings is 1. The minimum absolute atomic E-state index is 0.218. The molecule has 0 amide bonds. The fourth-order valence-corrected chi connectivity index (χ4v) is 2.47. The van der Waals surface area contributed by atoms with E-state index in [-0.39, 0.29) is 12.5 Å². The van der Waals surface area contributed by atoms with Crippen LogP contribution < -0.4 is 4.90 Å². The Bertz CT molecular complexity index is 631. The van der Waals surface area contributed by atoms with Crippen LogP contribution in [0.15, 0.2) is 30.5 Å². The van der Waals surface area contributed by atoms with Gasteiger partial charge in [0.1, 0.15) is 6.54 Å². The number of pyridine rings is 1. The average molecular weight is 307 g/mol. The van der Waals surface area contributed by atoms with Gasteiger partial charge in [-0.3, -0.25) is 9.78 Å². The first-order valence-corrected chi connectivity index (χ1v) is 7.48. The number of carbonyl (C=O) groups excluding carboxylic acids is 1. The molecule has 112 valence electrons. The van der Waals surface area contributed by atoms with Crippen molar-refractivity contribution in [1.82, 2.24) is 4.98 Å². The maximum Gasteiger partial charge on any atom is 0.325 e. The number of hydrogen-bond acceptors (Lipinski definition) is 4. The summed E-state index contributed by atoms with van der Waals surface area (Å²) >= 11 is 6.01. The van der Waals surface area contributed by atoms with E-state index < -0.39 is 0 Å². The van der Waals surface area contributed by atoms with Crippen LogP contribution in [0.2, 0.25) is 5.02 Å². The van der Waals surface area contributed by atoms with Crippen LogP contribution >= 0.6 is 11.6 Å². The Hall–Kier alpha value is -1.81. The number of ether oxygens (including phenoxy) is 1. The highest BCUT2D eigenvalue weighted by Gasteiger charge is 2.14. The second kappa shape index (κ2) is 7.27. The van der Waals surface area contributed by atoms with Gasteiger partial charge >= 0.3 is 5.97 Å². The SMILES string of the molecule is CCCN(CC(=O)OCC)c1ccnc2cc(Cl)ccc12. The van der Waals surface area contributed by atoms with Crippen LogP contribution in [0.3, 0.4) is 0 Å². The van der Waals surface area contributed by atoms with Gasteiger partial charge in [-0.25, -0.2) is 0 Å². The Morgan fingerprint density at radius 1 is 1.33 bits per heavy atom. The molecule has 0 saturated carbocycles. The number of anilines is 1. The number of esters is 1. The van der Waals surface area contributed by atoms with E-state index >= 15 is 0 Å². The van der Waals surface area contributed by atoms with Crippen molar-refractivity contribution in [2.24, 2.45) is 0 Å². The zero-order valence-corrected chi connectivity index (χ0v) is 13.1. The van der Waals surface area contributed by atoms with Gasteiger partial charge in [0, 0.05) is 28.8 Å². The average Bonchev–Trinajstić information content (AvgIpc) is 2.46. The molecule has 21 heavy (non-hydrogen) atoms. The maximum absolute atomic E-state index is 11.8. The first kappa shape index (κ1) is 15.6. The number of aromatic nitrogens is 1. The third kappa shape index (κ3) is 3.85. The normalized spacial score (nSPS) is 10.6. The van der Waals surface area contributed by atoms with Gasteiger partial charge in [0.2, 0.25) is 0 Å². The van der Waals surface area contributed by atoms with Gasteiger partial charge < -0.3 is 9.64 Å². The molecular weight excluding hydrogens is 288 g/mol. The van der Waals surface area contributed by atoms with Crippen LogP contribution in [0.1, 0.15) is 20.3 Å². The summed E-state index contributed by atoms with van der Waals surface area (Å²) in [4.78, 5) is 18.1. The van der Waals surface area contributed by atoms with Crippen molar-refractivity contribution >= 4 is 34.2 Å². The topological polar surface area (TPSA) is 42.4 Å². The third-order valence-corrected chi connectivity index (χ3v) is 3.38. The van der Waals surface area contributed by atoms with Crippen molar-refractivity contribution in [3.63, 3.8) is 0 Å². The van der Waals surface area contributed by atoms with E-state index in [9.17, 15) is 4.79 Å². The second-order valence-corrected chi connectivity index (χ2v) is 5.15. The molecule has 0 fully saturated rings. The molecule has 0 aliphatic rings. The molecule has 5 heteroatoms. The van der Waals surface area contributed by atoms with Crippen LogP contribution in [0.25, 0.3) is 10.9 Å². The Morgan fingerprint density at radius 2 is 2.14 bits per heavy atom. The van der Waals surface area contributed by atoms with Crippen molar-refractivity contribution < 1.29 is 9.53 Å². The molecule has 0 N–H and O–H groups in total. The van der Waals surface area contributed by atoms with Crippen LogP contribution in [0.5, 0.6) is 0 Å². The highest BCUT2D eigenvalue weighted by molar-refractivity contribution is 6.31. The molecule has 4 nitrogen and oxygen atoms in total. The minimum Gasteiger partial charge on any atom is -0.465 e. The lowest BCUT2D eigenvalue weighted by atomic mass is 10.1.